The monoisotopic (exact) mass is 442 g/mol. The molecule has 0 atom stereocenters. The zero-order valence-electron chi connectivity index (χ0n) is 17.1. The molecule has 158 valence electrons. The molecule has 1 saturated heterocycles. The number of thiophene rings is 1. The number of nitrogens with zero attached hydrogens (tertiary/aromatic N) is 3. The number of hydrogen-bond donors (Lipinski definition) is 1. The van der Waals surface area contributed by atoms with Gasteiger partial charge in [-0.2, -0.15) is 4.37 Å². The van der Waals surface area contributed by atoms with Crippen molar-refractivity contribution in [2.24, 2.45) is 0 Å². The first-order valence-electron chi connectivity index (χ1n) is 10.3. The Hall–Kier alpha value is -2.29. The molecule has 8 heteroatoms. The second kappa shape index (κ2) is 9.68. The highest BCUT2D eigenvalue weighted by Gasteiger charge is 2.21. The Morgan fingerprint density at radius 1 is 1.10 bits per heavy atom. The van der Waals surface area contributed by atoms with Gasteiger partial charge in [-0.15, -0.1) is 11.3 Å². The van der Waals surface area contributed by atoms with Gasteiger partial charge < -0.3 is 10.2 Å². The van der Waals surface area contributed by atoms with Gasteiger partial charge in [0, 0.05) is 49.9 Å². The fourth-order valence-corrected chi connectivity index (χ4v) is 5.51. The summed E-state index contributed by atoms with van der Waals surface area (Å²) in [4.78, 5) is 30.4. The van der Waals surface area contributed by atoms with E-state index in [9.17, 15) is 9.59 Å². The van der Waals surface area contributed by atoms with Gasteiger partial charge in [0.05, 0.1) is 16.0 Å². The predicted octanol–water partition coefficient (Wildman–Crippen LogP) is 3.43. The number of likely N-dealkylation sites (N-methyl/N-ethyl adjacent to an activating group) is 1. The van der Waals surface area contributed by atoms with Crippen LogP contribution in [-0.4, -0.2) is 60.7 Å². The Bertz CT molecular complexity index is 1020. The summed E-state index contributed by atoms with van der Waals surface area (Å²) in [5.74, 6) is 1.26. The third-order valence-corrected chi connectivity index (χ3v) is 7.40. The number of carbonyl (C=O) groups excluding carboxylic acids is 2. The summed E-state index contributed by atoms with van der Waals surface area (Å²) in [6.45, 7) is 4.86. The van der Waals surface area contributed by atoms with E-state index < -0.39 is 0 Å². The molecule has 0 bridgehead atoms. The molecule has 3 aromatic rings. The summed E-state index contributed by atoms with van der Waals surface area (Å²) in [5, 5.41) is 3.86. The maximum Gasteiger partial charge on any atom is 0.224 e. The van der Waals surface area contributed by atoms with Crippen LogP contribution < -0.4 is 10.2 Å². The Labute approximate surface area is 184 Å². The molecule has 0 aliphatic carbocycles. The molecular formula is C22H26N4O2S2. The molecule has 2 aromatic heterocycles. The van der Waals surface area contributed by atoms with E-state index in [0.717, 1.165) is 54.7 Å². The van der Waals surface area contributed by atoms with E-state index in [1.807, 2.05) is 12.1 Å². The number of amides is 1. The van der Waals surface area contributed by atoms with E-state index in [2.05, 4.69) is 43.8 Å². The highest BCUT2D eigenvalue weighted by atomic mass is 32.1. The molecule has 1 aromatic carbocycles. The number of aromatic nitrogens is 1. The van der Waals surface area contributed by atoms with Crippen LogP contribution >= 0.6 is 22.9 Å². The minimum Gasteiger partial charge on any atom is -0.359 e. The molecule has 30 heavy (non-hydrogen) atoms. The number of carbonyl (C=O) groups is 2. The van der Waals surface area contributed by atoms with Gasteiger partial charge >= 0.3 is 0 Å². The third kappa shape index (κ3) is 4.88. The van der Waals surface area contributed by atoms with Crippen LogP contribution in [0.5, 0.6) is 0 Å². The van der Waals surface area contributed by atoms with Crippen LogP contribution in [0.25, 0.3) is 10.1 Å². The van der Waals surface area contributed by atoms with Crippen molar-refractivity contribution in [2.45, 2.75) is 19.3 Å². The first-order chi connectivity index (χ1) is 14.6. The topological polar surface area (TPSA) is 65.5 Å². The lowest BCUT2D eigenvalue weighted by molar-refractivity contribution is -0.119. The molecular weight excluding hydrogens is 416 g/mol. The fourth-order valence-electron chi connectivity index (χ4n) is 3.74. The molecule has 1 aliphatic rings. The average molecular weight is 443 g/mol. The maximum atomic E-state index is 12.5. The molecule has 4 rings (SSSR count). The van der Waals surface area contributed by atoms with Gasteiger partial charge in [-0.3, -0.25) is 14.5 Å². The molecule has 0 saturated carbocycles. The SMILES string of the molecule is CNC(=O)Cc1ccc(C(=O)CCCN2CCN(c3nsc4ccccc34)CC2)s1. The second-order valence-corrected chi connectivity index (χ2v) is 9.45. The zero-order chi connectivity index (χ0) is 20.9. The van der Waals surface area contributed by atoms with Crippen molar-refractivity contribution in [1.29, 1.82) is 0 Å². The van der Waals surface area contributed by atoms with Crippen molar-refractivity contribution >= 4 is 50.5 Å². The van der Waals surface area contributed by atoms with E-state index in [1.54, 1.807) is 18.6 Å². The number of hydrogen-bond acceptors (Lipinski definition) is 7. The Balaban J connectivity index is 1.21. The smallest absolute Gasteiger partial charge is 0.224 e. The standard InChI is InChI=1S/C22H26N4O2S2/c1-23-21(28)15-16-8-9-20(29-16)18(27)6-4-10-25-11-13-26(14-12-25)22-17-5-2-3-7-19(17)30-24-22/h2-3,5,7-9H,4,6,10-15H2,1H3,(H,23,28). The summed E-state index contributed by atoms with van der Waals surface area (Å²) in [6, 6.07) is 12.1. The van der Waals surface area contributed by atoms with Gasteiger partial charge in [0.25, 0.3) is 0 Å². The van der Waals surface area contributed by atoms with Crippen molar-refractivity contribution in [1.82, 2.24) is 14.6 Å². The van der Waals surface area contributed by atoms with Gasteiger partial charge in [-0.1, -0.05) is 12.1 Å². The fraction of sp³-hybridized carbons (Fsp3) is 0.409. The van der Waals surface area contributed by atoms with Gasteiger partial charge in [-0.25, -0.2) is 0 Å². The van der Waals surface area contributed by atoms with Gasteiger partial charge in [0.15, 0.2) is 5.78 Å². The molecule has 0 spiro atoms. The van der Waals surface area contributed by atoms with Crippen LogP contribution in [0, 0.1) is 0 Å². The number of piperazine rings is 1. The molecule has 3 heterocycles. The summed E-state index contributed by atoms with van der Waals surface area (Å²) in [5.41, 5.74) is 0. The number of rotatable bonds is 8. The molecule has 1 fully saturated rings. The van der Waals surface area contributed by atoms with Crippen LogP contribution in [0.4, 0.5) is 5.82 Å². The number of Topliss-reactive ketones (excluding diaryl/α,β-unsaturated/α-hetero) is 1. The summed E-state index contributed by atoms with van der Waals surface area (Å²) in [7, 11) is 1.63. The second-order valence-electron chi connectivity index (χ2n) is 7.47. The van der Waals surface area contributed by atoms with E-state index in [-0.39, 0.29) is 11.7 Å². The van der Waals surface area contributed by atoms with E-state index in [1.165, 1.54) is 21.4 Å². The van der Waals surface area contributed by atoms with Gasteiger partial charge in [0.2, 0.25) is 5.91 Å². The van der Waals surface area contributed by atoms with Crippen LogP contribution in [0.15, 0.2) is 36.4 Å². The predicted molar refractivity (Wildman–Crippen MR) is 124 cm³/mol. The molecule has 1 aliphatic heterocycles. The number of ketones is 1. The highest BCUT2D eigenvalue weighted by Crippen LogP contribution is 2.29. The van der Waals surface area contributed by atoms with E-state index in [4.69, 9.17) is 0 Å². The molecule has 0 unspecified atom stereocenters. The quantitative estimate of drug-likeness (QED) is 0.542. The lowest BCUT2D eigenvalue weighted by Crippen LogP contribution is -2.46. The number of benzene rings is 1. The lowest BCUT2D eigenvalue weighted by atomic mass is 10.1. The molecule has 6 nitrogen and oxygen atoms in total. The van der Waals surface area contributed by atoms with Crippen molar-refractivity contribution in [3.05, 3.63) is 46.2 Å². The van der Waals surface area contributed by atoms with Crippen molar-refractivity contribution in [3.63, 3.8) is 0 Å². The van der Waals surface area contributed by atoms with Crippen LogP contribution in [0.2, 0.25) is 0 Å². The first-order valence-corrected chi connectivity index (χ1v) is 11.9. The Morgan fingerprint density at radius 3 is 2.70 bits per heavy atom. The van der Waals surface area contributed by atoms with Crippen LogP contribution in [-0.2, 0) is 11.2 Å². The van der Waals surface area contributed by atoms with Crippen molar-refractivity contribution < 1.29 is 9.59 Å². The summed E-state index contributed by atoms with van der Waals surface area (Å²) < 4.78 is 5.91. The average Bonchev–Trinajstić information content (AvgIpc) is 3.41. The van der Waals surface area contributed by atoms with E-state index in [0.29, 0.717) is 12.8 Å². The van der Waals surface area contributed by atoms with Gasteiger partial charge in [0.1, 0.15) is 5.82 Å². The van der Waals surface area contributed by atoms with Crippen LogP contribution in [0.3, 0.4) is 0 Å². The Morgan fingerprint density at radius 2 is 1.90 bits per heavy atom. The van der Waals surface area contributed by atoms with Crippen molar-refractivity contribution in [3.8, 4) is 0 Å². The number of fused-ring (bicyclic) bond motifs is 1. The summed E-state index contributed by atoms with van der Waals surface area (Å²) in [6.07, 6.45) is 1.75. The van der Waals surface area contributed by atoms with Crippen molar-refractivity contribution in [2.75, 3.05) is 44.7 Å². The molecule has 1 N–H and O–H groups in total. The van der Waals surface area contributed by atoms with E-state index >= 15 is 0 Å². The number of nitrogens with one attached hydrogen (secondary N) is 1. The molecule has 0 radical (unpaired) electrons. The minimum atomic E-state index is -0.0272. The highest BCUT2D eigenvalue weighted by molar-refractivity contribution is 7.14. The van der Waals surface area contributed by atoms with Crippen LogP contribution in [0.1, 0.15) is 27.4 Å². The first kappa shape index (κ1) is 21.0. The number of anilines is 1. The summed E-state index contributed by atoms with van der Waals surface area (Å²) >= 11 is 3.00. The van der Waals surface area contributed by atoms with Gasteiger partial charge in [-0.05, 0) is 48.8 Å². The largest absolute Gasteiger partial charge is 0.359 e. The maximum absolute atomic E-state index is 12.5. The normalized spacial score (nSPS) is 14.9. The molecule has 1 amide bonds. The Kier molecular flexibility index (Phi) is 6.76. The third-order valence-electron chi connectivity index (χ3n) is 5.46. The zero-order valence-corrected chi connectivity index (χ0v) is 18.7. The lowest BCUT2D eigenvalue weighted by Gasteiger charge is -2.35. The minimum absolute atomic E-state index is 0.0272.